The highest BCUT2D eigenvalue weighted by Crippen LogP contribution is 2.25. The molecule has 0 fully saturated rings. The summed E-state index contributed by atoms with van der Waals surface area (Å²) in [4.78, 5) is 42.5. The highest BCUT2D eigenvalue weighted by molar-refractivity contribution is 5.97. The van der Waals surface area contributed by atoms with E-state index in [0.717, 1.165) is 12.8 Å². The summed E-state index contributed by atoms with van der Waals surface area (Å²) in [6.45, 7) is 0. The monoisotopic (exact) mass is 335 g/mol. The van der Waals surface area contributed by atoms with Crippen molar-refractivity contribution < 1.29 is 4.79 Å². The number of aromatic amines is 2. The van der Waals surface area contributed by atoms with Crippen molar-refractivity contribution in [3.05, 3.63) is 79.9 Å². The molecular weight excluding hydrogens is 318 g/mol. The second kappa shape index (κ2) is 5.73. The fourth-order valence-corrected chi connectivity index (χ4v) is 3.43. The lowest BCUT2D eigenvalue weighted by atomic mass is 10.1. The van der Waals surface area contributed by atoms with Gasteiger partial charge in [0.15, 0.2) is 0 Å². The van der Waals surface area contributed by atoms with Crippen molar-refractivity contribution in [1.29, 1.82) is 0 Å². The van der Waals surface area contributed by atoms with E-state index in [-0.39, 0.29) is 11.9 Å². The molecule has 0 spiro atoms. The number of benzene rings is 2. The topological polar surface area (TPSA) is 86.0 Å². The summed E-state index contributed by atoms with van der Waals surface area (Å²) in [5.74, 6) is -0.105. The van der Waals surface area contributed by atoms with Crippen molar-refractivity contribution in [2.24, 2.45) is 0 Å². The molecule has 0 saturated carbocycles. The van der Waals surface area contributed by atoms with Crippen molar-refractivity contribution in [3.63, 3.8) is 0 Å². The summed E-state index contributed by atoms with van der Waals surface area (Å²) in [5.41, 5.74) is 2.56. The minimum absolute atomic E-state index is 0.105. The minimum Gasteiger partial charge on any atom is -0.338 e. The van der Waals surface area contributed by atoms with Crippen LogP contribution in [0.5, 0.6) is 0 Å². The Morgan fingerprint density at radius 1 is 0.960 bits per heavy atom. The second-order valence-corrected chi connectivity index (χ2v) is 6.42. The zero-order valence-corrected chi connectivity index (χ0v) is 13.7. The van der Waals surface area contributed by atoms with Gasteiger partial charge in [0.1, 0.15) is 0 Å². The van der Waals surface area contributed by atoms with Crippen LogP contribution in [0, 0.1) is 0 Å². The van der Waals surface area contributed by atoms with Gasteiger partial charge in [0.25, 0.3) is 5.91 Å². The third-order valence-electron chi connectivity index (χ3n) is 4.87. The second-order valence-electron chi connectivity index (χ2n) is 6.42. The van der Waals surface area contributed by atoms with Gasteiger partial charge in [0.2, 0.25) is 0 Å². The van der Waals surface area contributed by atoms with Crippen molar-refractivity contribution in [2.75, 3.05) is 7.05 Å². The summed E-state index contributed by atoms with van der Waals surface area (Å²) >= 11 is 0. The molecule has 0 bridgehead atoms. The van der Waals surface area contributed by atoms with Crippen LogP contribution >= 0.6 is 0 Å². The first-order valence-corrected chi connectivity index (χ1v) is 8.13. The molecule has 2 N–H and O–H groups in total. The zero-order chi connectivity index (χ0) is 17.6. The molecule has 3 aromatic rings. The number of rotatable bonds is 2. The van der Waals surface area contributed by atoms with Crippen LogP contribution in [0.15, 0.2) is 52.1 Å². The number of carbonyl (C=O) groups excluding carboxylic acids is 1. The first kappa shape index (κ1) is 15.4. The molecule has 1 heterocycles. The lowest BCUT2D eigenvalue weighted by Gasteiger charge is -2.24. The highest BCUT2D eigenvalue weighted by Gasteiger charge is 2.27. The molecule has 0 atom stereocenters. The third-order valence-corrected chi connectivity index (χ3v) is 4.87. The maximum absolute atomic E-state index is 12.8. The van der Waals surface area contributed by atoms with Gasteiger partial charge in [-0.2, -0.15) is 0 Å². The summed E-state index contributed by atoms with van der Waals surface area (Å²) < 4.78 is 0. The van der Waals surface area contributed by atoms with Gasteiger partial charge in [-0.15, -0.1) is 0 Å². The van der Waals surface area contributed by atoms with E-state index in [0.29, 0.717) is 16.6 Å². The molecule has 126 valence electrons. The number of likely N-dealkylation sites (N-methyl/N-ethyl adjacent to an activating group) is 1. The molecule has 6 heteroatoms. The molecule has 0 aliphatic heterocycles. The molecule has 25 heavy (non-hydrogen) atoms. The third kappa shape index (κ3) is 2.65. The van der Waals surface area contributed by atoms with E-state index in [4.69, 9.17) is 0 Å². The number of H-pyrrole nitrogens is 2. The van der Waals surface area contributed by atoms with Gasteiger partial charge in [-0.05, 0) is 42.2 Å². The Morgan fingerprint density at radius 2 is 1.56 bits per heavy atom. The first-order chi connectivity index (χ1) is 12.0. The predicted molar refractivity (Wildman–Crippen MR) is 94.9 cm³/mol. The average Bonchev–Trinajstić information content (AvgIpc) is 3.05. The smallest absolute Gasteiger partial charge is 0.314 e. The number of fused-ring (bicyclic) bond motifs is 2. The summed E-state index contributed by atoms with van der Waals surface area (Å²) in [6, 6.07) is 13.3. The normalized spacial score (nSPS) is 13.8. The van der Waals surface area contributed by atoms with E-state index < -0.39 is 11.1 Å². The summed E-state index contributed by atoms with van der Waals surface area (Å²) in [7, 11) is 1.80. The molecule has 1 amide bonds. The fourth-order valence-electron chi connectivity index (χ4n) is 3.43. The van der Waals surface area contributed by atoms with E-state index in [2.05, 4.69) is 22.1 Å². The number of nitrogens with one attached hydrogen (secondary N) is 2. The Hall–Kier alpha value is -3.15. The van der Waals surface area contributed by atoms with Gasteiger partial charge in [-0.25, -0.2) is 0 Å². The Morgan fingerprint density at radius 3 is 2.20 bits per heavy atom. The molecule has 1 aromatic heterocycles. The van der Waals surface area contributed by atoms with Crippen LogP contribution < -0.4 is 11.1 Å². The van der Waals surface area contributed by atoms with E-state index in [1.165, 1.54) is 11.1 Å². The largest absolute Gasteiger partial charge is 0.338 e. The fraction of sp³-hybridized carbons (Fsp3) is 0.211. The molecular formula is C19H17N3O3. The quantitative estimate of drug-likeness (QED) is 0.695. The lowest BCUT2D eigenvalue weighted by Crippen LogP contribution is -2.37. The van der Waals surface area contributed by atoms with Gasteiger partial charge < -0.3 is 14.9 Å². The van der Waals surface area contributed by atoms with Crippen LogP contribution in [0.4, 0.5) is 0 Å². The summed E-state index contributed by atoms with van der Waals surface area (Å²) in [5, 5.41) is 0. The Bertz CT molecular complexity index is 1070. The zero-order valence-electron chi connectivity index (χ0n) is 13.7. The molecule has 0 saturated heterocycles. The van der Waals surface area contributed by atoms with Crippen molar-refractivity contribution in [1.82, 2.24) is 14.9 Å². The molecule has 1 aliphatic rings. The van der Waals surface area contributed by atoms with Gasteiger partial charge in [0, 0.05) is 18.7 Å². The van der Waals surface area contributed by atoms with Crippen LogP contribution in [-0.4, -0.2) is 33.9 Å². The van der Waals surface area contributed by atoms with E-state index in [1.807, 2.05) is 12.1 Å². The van der Waals surface area contributed by atoms with E-state index in [9.17, 15) is 14.4 Å². The number of amides is 1. The number of hydrogen-bond acceptors (Lipinski definition) is 3. The van der Waals surface area contributed by atoms with Crippen molar-refractivity contribution >= 4 is 16.9 Å². The first-order valence-electron chi connectivity index (χ1n) is 8.13. The van der Waals surface area contributed by atoms with Gasteiger partial charge in [-0.1, -0.05) is 24.3 Å². The number of hydrogen-bond donors (Lipinski definition) is 2. The minimum atomic E-state index is -0.725. The van der Waals surface area contributed by atoms with Crippen molar-refractivity contribution in [2.45, 2.75) is 18.9 Å². The Kier molecular flexibility index (Phi) is 3.53. The van der Waals surface area contributed by atoms with E-state index in [1.54, 1.807) is 30.1 Å². The van der Waals surface area contributed by atoms with Crippen LogP contribution in [0.2, 0.25) is 0 Å². The highest BCUT2D eigenvalue weighted by atomic mass is 16.2. The SMILES string of the molecule is CN(C(=O)c1ccc2[nH]c(=O)c(=O)[nH]c2c1)C1Cc2ccccc2C1. The average molecular weight is 335 g/mol. The molecule has 2 aromatic carbocycles. The maximum atomic E-state index is 12.8. The number of carbonyl (C=O) groups is 1. The Balaban J connectivity index is 1.62. The molecule has 1 aliphatic carbocycles. The lowest BCUT2D eigenvalue weighted by molar-refractivity contribution is 0.0738. The standard InChI is InChI=1S/C19H17N3O3/c1-22(14-8-11-4-2-3-5-12(11)9-14)19(25)13-6-7-15-16(10-13)21-18(24)17(23)20-15/h2-7,10,14H,8-9H2,1H3,(H,20,23)(H,21,24). The van der Waals surface area contributed by atoms with Crippen molar-refractivity contribution in [3.8, 4) is 0 Å². The van der Waals surface area contributed by atoms with Gasteiger partial charge in [0.05, 0.1) is 11.0 Å². The number of aromatic nitrogens is 2. The molecule has 4 rings (SSSR count). The van der Waals surface area contributed by atoms with Crippen LogP contribution in [0.1, 0.15) is 21.5 Å². The Labute approximate surface area is 143 Å². The van der Waals surface area contributed by atoms with Gasteiger partial charge >= 0.3 is 11.1 Å². The summed E-state index contributed by atoms with van der Waals surface area (Å²) in [6.07, 6.45) is 1.69. The van der Waals surface area contributed by atoms with Crippen LogP contribution in [0.25, 0.3) is 11.0 Å². The molecule has 0 unspecified atom stereocenters. The molecule has 0 radical (unpaired) electrons. The van der Waals surface area contributed by atoms with Gasteiger partial charge in [-0.3, -0.25) is 14.4 Å². The van der Waals surface area contributed by atoms with Crippen LogP contribution in [0.3, 0.4) is 0 Å². The van der Waals surface area contributed by atoms with Crippen LogP contribution in [-0.2, 0) is 12.8 Å². The molecule has 6 nitrogen and oxygen atoms in total. The predicted octanol–water partition coefficient (Wildman–Crippen LogP) is 1.46. The maximum Gasteiger partial charge on any atom is 0.314 e. The number of nitrogens with zero attached hydrogens (tertiary/aromatic N) is 1. The van der Waals surface area contributed by atoms with E-state index >= 15 is 0 Å².